The van der Waals surface area contributed by atoms with Gasteiger partial charge in [-0.15, -0.1) is 11.3 Å². The van der Waals surface area contributed by atoms with Crippen molar-refractivity contribution in [2.24, 2.45) is 0 Å². The molecule has 1 heterocycles. The maximum absolute atomic E-state index is 13.6. The molecular formula is C15H16F6N2O3S. The van der Waals surface area contributed by atoms with Gasteiger partial charge in [-0.25, -0.2) is 4.79 Å². The van der Waals surface area contributed by atoms with Crippen LogP contribution in [0, 0.1) is 0 Å². The Balaban J connectivity index is 2.63. The lowest BCUT2D eigenvalue weighted by Gasteiger charge is -2.38. The summed E-state index contributed by atoms with van der Waals surface area (Å²) in [5.41, 5.74) is -4.73. The van der Waals surface area contributed by atoms with Gasteiger partial charge in [-0.05, 0) is 24.8 Å². The van der Waals surface area contributed by atoms with Gasteiger partial charge in [0.2, 0.25) is 5.91 Å². The summed E-state index contributed by atoms with van der Waals surface area (Å²) >= 11 is 0.623. The van der Waals surface area contributed by atoms with Crippen molar-refractivity contribution in [2.75, 3.05) is 12.4 Å². The molecule has 1 aromatic rings. The summed E-state index contributed by atoms with van der Waals surface area (Å²) in [6.45, 7) is 1.12. The molecule has 0 saturated heterocycles. The number of hydrogen-bond acceptors (Lipinski definition) is 5. The van der Waals surface area contributed by atoms with E-state index in [1.54, 1.807) is 0 Å². The summed E-state index contributed by atoms with van der Waals surface area (Å²) in [5, 5.41) is 1.76. The summed E-state index contributed by atoms with van der Waals surface area (Å²) in [6.07, 6.45) is -11.1. The minimum atomic E-state index is -5.93. The summed E-state index contributed by atoms with van der Waals surface area (Å²) < 4.78 is 85.9. The SMILES string of the molecule is CCC(=O)NC(Nc1sc2c(c1C(=O)OC)CCC2)(C(F)(F)F)C(F)(F)F. The van der Waals surface area contributed by atoms with Crippen LogP contribution in [0.1, 0.15) is 40.6 Å². The molecule has 1 aliphatic rings. The van der Waals surface area contributed by atoms with Gasteiger partial charge in [0.1, 0.15) is 5.00 Å². The number of carbonyl (C=O) groups excluding carboxylic acids is 2. The van der Waals surface area contributed by atoms with Gasteiger partial charge < -0.3 is 15.4 Å². The van der Waals surface area contributed by atoms with Crippen molar-refractivity contribution in [1.29, 1.82) is 0 Å². The molecule has 0 spiro atoms. The molecule has 0 fully saturated rings. The lowest BCUT2D eigenvalue weighted by atomic mass is 10.1. The number of carbonyl (C=O) groups is 2. The molecule has 0 unspecified atom stereocenters. The number of rotatable bonds is 5. The topological polar surface area (TPSA) is 67.4 Å². The van der Waals surface area contributed by atoms with E-state index in [2.05, 4.69) is 4.74 Å². The molecule has 0 bridgehead atoms. The molecule has 1 aliphatic carbocycles. The maximum atomic E-state index is 13.6. The number of nitrogens with one attached hydrogen (secondary N) is 2. The second-order valence-corrected chi connectivity index (χ2v) is 6.93. The van der Waals surface area contributed by atoms with Crippen LogP contribution in [-0.2, 0) is 22.4 Å². The quantitative estimate of drug-likeness (QED) is 0.434. The number of amides is 1. The fourth-order valence-corrected chi connectivity index (χ4v) is 4.09. The van der Waals surface area contributed by atoms with Gasteiger partial charge in [0, 0.05) is 11.3 Å². The van der Waals surface area contributed by atoms with Crippen molar-refractivity contribution < 1.29 is 40.7 Å². The van der Waals surface area contributed by atoms with E-state index >= 15 is 0 Å². The van der Waals surface area contributed by atoms with Crippen LogP contribution in [0.15, 0.2) is 0 Å². The zero-order chi connectivity index (χ0) is 20.6. The largest absolute Gasteiger partial charge is 0.465 e. The Morgan fingerprint density at radius 1 is 1.11 bits per heavy atom. The van der Waals surface area contributed by atoms with E-state index in [0.717, 1.165) is 19.4 Å². The Hall–Kier alpha value is -1.98. The van der Waals surface area contributed by atoms with Crippen LogP contribution < -0.4 is 10.6 Å². The first kappa shape index (κ1) is 21.3. The van der Waals surface area contributed by atoms with E-state index in [-0.39, 0.29) is 5.56 Å². The number of fused-ring (bicyclic) bond motifs is 1. The smallest absolute Gasteiger partial charge is 0.439 e. The molecule has 0 aliphatic heterocycles. The highest BCUT2D eigenvalue weighted by molar-refractivity contribution is 7.16. The molecule has 2 rings (SSSR count). The number of alkyl halides is 6. The molecule has 0 radical (unpaired) electrons. The number of methoxy groups -OCH3 is 1. The van der Waals surface area contributed by atoms with Crippen molar-refractivity contribution in [2.45, 2.75) is 50.6 Å². The Morgan fingerprint density at radius 2 is 1.70 bits per heavy atom. The van der Waals surface area contributed by atoms with Gasteiger partial charge in [-0.1, -0.05) is 6.92 Å². The number of esters is 1. The van der Waals surface area contributed by atoms with Crippen molar-refractivity contribution in [3.63, 3.8) is 0 Å². The Kier molecular flexibility index (Phi) is 5.69. The van der Waals surface area contributed by atoms with E-state index in [1.807, 2.05) is 0 Å². The van der Waals surface area contributed by atoms with Gasteiger partial charge in [0.15, 0.2) is 0 Å². The lowest BCUT2D eigenvalue weighted by Crippen LogP contribution is -2.72. The maximum Gasteiger partial charge on any atom is 0.439 e. The predicted molar refractivity (Wildman–Crippen MR) is 84.6 cm³/mol. The van der Waals surface area contributed by atoms with Gasteiger partial charge in [-0.2, -0.15) is 26.3 Å². The molecule has 27 heavy (non-hydrogen) atoms. The number of hydrogen-bond donors (Lipinski definition) is 2. The van der Waals surface area contributed by atoms with Crippen LogP contribution in [0.2, 0.25) is 0 Å². The summed E-state index contributed by atoms with van der Waals surface area (Å²) in [6, 6.07) is 0. The van der Waals surface area contributed by atoms with Crippen LogP contribution in [-0.4, -0.2) is 37.0 Å². The molecular weight excluding hydrogens is 402 g/mol. The molecule has 1 aromatic heterocycles. The minimum absolute atomic E-state index is 0.338. The van der Waals surface area contributed by atoms with Crippen molar-refractivity contribution in [3.05, 3.63) is 16.0 Å². The van der Waals surface area contributed by atoms with Gasteiger partial charge in [0.05, 0.1) is 12.7 Å². The second-order valence-electron chi connectivity index (χ2n) is 5.83. The fraction of sp³-hybridized carbons (Fsp3) is 0.600. The van der Waals surface area contributed by atoms with Crippen LogP contribution >= 0.6 is 11.3 Å². The molecule has 1 amide bonds. The Bertz CT molecular complexity index is 727. The third-order valence-corrected chi connectivity index (χ3v) is 5.32. The average Bonchev–Trinajstić information content (AvgIpc) is 3.11. The highest BCUT2D eigenvalue weighted by Gasteiger charge is 2.73. The van der Waals surface area contributed by atoms with Gasteiger partial charge >= 0.3 is 24.0 Å². The average molecular weight is 418 g/mol. The third-order valence-electron chi connectivity index (χ3n) is 4.11. The summed E-state index contributed by atoms with van der Waals surface area (Å²) in [7, 11) is 0.977. The Morgan fingerprint density at radius 3 is 2.19 bits per heavy atom. The van der Waals surface area contributed by atoms with Crippen molar-refractivity contribution in [1.82, 2.24) is 5.32 Å². The number of thiophene rings is 1. The molecule has 0 atom stereocenters. The monoisotopic (exact) mass is 418 g/mol. The molecule has 12 heteroatoms. The molecule has 0 aromatic carbocycles. The Labute approximate surface area is 154 Å². The minimum Gasteiger partial charge on any atom is -0.465 e. The van der Waals surface area contributed by atoms with Gasteiger partial charge in [0.25, 0.3) is 0 Å². The van der Waals surface area contributed by atoms with E-state index in [1.165, 1.54) is 5.32 Å². The molecule has 2 N–H and O–H groups in total. The van der Waals surface area contributed by atoms with Crippen LogP contribution in [0.4, 0.5) is 31.3 Å². The highest BCUT2D eigenvalue weighted by atomic mass is 32.1. The van der Waals surface area contributed by atoms with E-state index in [4.69, 9.17) is 0 Å². The number of aryl methyl sites for hydroxylation is 1. The molecule has 152 valence electrons. The summed E-state index contributed by atoms with van der Waals surface area (Å²) in [5.74, 6) is -2.50. The summed E-state index contributed by atoms with van der Waals surface area (Å²) in [4.78, 5) is 24.0. The molecule has 0 saturated carbocycles. The number of anilines is 1. The zero-order valence-corrected chi connectivity index (χ0v) is 15.0. The molecule has 5 nitrogen and oxygen atoms in total. The first-order valence-corrected chi connectivity index (χ1v) is 8.65. The van der Waals surface area contributed by atoms with Crippen LogP contribution in [0.5, 0.6) is 0 Å². The fourth-order valence-electron chi connectivity index (χ4n) is 2.75. The second kappa shape index (κ2) is 7.21. The first-order valence-electron chi connectivity index (χ1n) is 7.83. The number of ether oxygens (including phenoxy) is 1. The third kappa shape index (κ3) is 3.71. The van der Waals surface area contributed by atoms with E-state index in [9.17, 15) is 35.9 Å². The van der Waals surface area contributed by atoms with Crippen LogP contribution in [0.3, 0.4) is 0 Å². The first-order chi connectivity index (χ1) is 12.4. The normalized spacial score (nSPS) is 14.7. The zero-order valence-electron chi connectivity index (χ0n) is 14.2. The predicted octanol–water partition coefficient (Wildman–Crippen LogP) is 3.78. The van der Waals surface area contributed by atoms with Gasteiger partial charge in [-0.3, -0.25) is 4.79 Å². The number of halogens is 6. The van der Waals surface area contributed by atoms with E-state index < -0.39 is 41.3 Å². The van der Waals surface area contributed by atoms with Crippen LogP contribution in [0.25, 0.3) is 0 Å². The van der Waals surface area contributed by atoms with E-state index in [0.29, 0.717) is 41.0 Å². The lowest BCUT2D eigenvalue weighted by molar-refractivity contribution is -0.295. The van der Waals surface area contributed by atoms with Crippen molar-refractivity contribution >= 4 is 28.2 Å². The standard InChI is InChI=1S/C15H16F6N2O3S/c1-3-9(24)22-13(14(16,17)18,15(19,20)21)23-11-10(12(25)26-2)7-5-4-6-8(7)27-11/h23H,3-6H2,1-2H3,(H,22,24). The van der Waals surface area contributed by atoms with Crippen molar-refractivity contribution in [3.8, 4) is 0 Å². The highest BCUT2D eigenvalue weighted by Crippen LogP contribution is 2.47.